The van der Waals surface area contributed by atoms with Crippen molar-refractivity contribution in [2.75, 3.05) is 19.7 Å². The molecule has 1 fully saturated rings. The lowest BCUT2D eigenvalue weighted by Crippen LogP contribution is -2.63. The first-order valence-corrected chi connectivity index (χ1v) is 13.9. The predicted octanol–water partition coefficient (Wildman–Crippen LogP) is 2.98. The number of carbonyl (C=O) groups is 3. The summed E-state index contributed by atoms with van der Waals surface area (Å²) in [5.41, 5.74) is 0.792. The van der Waals surface area contributed by atoms with E-state index in [0.29, 0.717) is 39.0 Å². The van der Waals surface area contributed by atoms with Crippen molar-refractivity contribution in [1.82, 2.24) is 21.3 Å². The second-order valence-electron chi connectivity index (χ2n) is 10.7. The molecule has 4 rings (SSSR count). The van der Waals surface area contributed by atoms with Crippen LogP contribution in [0.25, 0.3) is 6.08 Å². The van der Waals surface area contributed by atoms with E-state index < -0.39 is 17.6 Å². The minimum Gasteiger partial charge on any atom is -0.492 e. The van der Waals surface area contributed by atoms with Crippen molar-refractivity contribution in [3.63, 3.8) is 0 Å². The van der Waals surface area contributed by atoms with Crippen molar-refractivity contribution in [2.45, 2.75) is 63.6 Å². The summed E-state index contributed by atoms with van der Waals surface area (Å²) < 4.78 is 6.01. The summed E-state index contributed by atoms with van der Waals surface area (Å²) in [6.45, 7) is 5.11. The van der Waals surface area contributed by atoms with Crippen LogP contribution in [0.4, 0.5) is 0 Å². The van der Waals surface area contributed by atoms with Crippen LogP contribution < -0.4 is 26.0 Å². The van der Waals surface area contributed by atoms with E-state index >= 15 is 0 Å². The van der Waals surface area contributed by atoms with E-state index in [1.807, 2.05) is 80.6 Å². The SMILES string of the molecule is CC(C)[C@@H]1NCCOc2ccccc2/C=C\CNC(=O)[C@H](Cc2ccccc2)NC(=O)C2(CCCC2)NC1=O. The monoisotopic (exact) mass is 532 g/mol. The van der Waals surface area contributed by atoms with Crippen LogP contribution in [0.5, 0.6) is 5.75 Å². The molecule has 1 saturated carbocycles. The van der Waals surface area contributed by atoms with Crippen LogP contribution in [-0.2, 0) is 20.8 Å². The standard InChI is InChI=1S/C31H40N4O4/c1-22(2)27-29(37)35-31(16-8-9-17-31)30(38)34-25(21-23-11-4-3-5-12-23)28(36)33-18-10-14-24-13-6-7-15-26(24)39-20-19-32-27/h3-7,10-15,22,25,27,32H,8-9,16-21H2,1-2H3,(H,33,36)(H,34,38)(H,35,37)/b14-10-/t25-,27-/m0/s1. The van der Waals surface area contributed by atoms with Crippen molar-refractivity contribution in [1.29, 1.82) is 0 Å². The lowest BCUT2D eigenvalue weighted by atomic mass is 9.93. The zero-order valence-corrected chi connectivity index (χ0v) is 22.9. The van der Waals surface area contributed by atoms with Gasteiger partial charge in [0.25, 0.3) is 0 Å². The molecular weight excluding hydrogens is 492 g/mol. The van der Waals surface area contributed by atoms with Crippen LogP contribution in [0.3, 0.4) is 0 Å². The van der Waals surface area contributed by atoms with Crippen molar-refractivity contribution < 1.29 is 19.1 Å². The van der Waals surface area contributed by atoms with Crippen LogP contribution in [0.15, 0.2) is 60.7 Å². The molecule has 2 atom stereocenters. The highest BCUT2D eigenvalue weighted by molar-refractivity contribution is 5.96. The first-order chi connectivity index (χ1) is 18.9. The molecule has 0 unspecified atom stereocenters. The quantitative estimate of drug-likeness (QED) is 0.486. The van der Waals surface area contributed by atoms with Crippen LogP contribution in [0.2, 0.25) is 0 Å². The van der Waals surface area contributed by atoms with Crippen LogP contribution in [-0.4, -0.2) is 55.0 Å². The van der Waals surface area contributed by atoms with Gasteiger partial charge in [0.05, 0.1) is 6.04 Å². The number of nitrogens with one attached hydrogen (secondary N) is 4. The maximum atomic E-state index is 13.8. The third-order valence-corrected chi connectivity index (χ3v) is 7.44. The second-order valence-corrected chi connectivity index (χ2v) is 10.7. The zero-order valence-electron chi connectivity index (χ0n) is 22.9. The van der Waals surface area contributed by atoms with Gasteiger partial charge in [0, 0.05) is 25.1 Å². The van der Waals surface area contributed by atoms with Crippen LogP contribution in [0, 0.1) is 5.92 Å². The van der Waals surface area contributed by atoms with E-state index in [4.69, 9.17) is 4.74 Å². The molecule has 3 amide bonds. The molecule has 2 aliphatic rings. The molecule has 1 heterocycles. The first kappa shape index (κ1) is 28.4. The Morgan fingerprint density at radius 3 is 2.41 bits per heavy atom. The van der Waals surface area contributed by atoms with Gasteiger partial charge in [0.15, 0.2) is 0 Å². The summed E-state index contributed by atoms with van der Waals surface area (Å²) in [5.74, 6) is -0.0586. The number of amides is 3. The fourth-order valence-electron chi connectivity index (χ4n) is 5.28. The second kappa shape index (κ2) is 13.4. The summed E-state index contributed by atoms with van der Waals surface area (Å²) in [4.78, 5) is 40.6. The van der Waals surface area contributed by atoms with Crippen molar-refractivity contribution in [3.8, 4) is 5.75 Å². The largest absolute Gasteiger partial charge is 0.492 e. The van der Waals surface area contributed by atoms with Crippen LogP contribution >= 0.6 is 0 Å². The fraction of sp³-hybridized carbons (Fsp3) is 0.452. The lowest BCUT2D eigenvalue weighted by molar-refractivity contribution is -0.137. The van der Waals surface area contributed by atoms with Gasteiger partial charge in [-0.05, 0) is 30.4 Å². The maximum absolute atomic E-state index is 13.8. The van der Waals surface area contributed by atoms with Gasteiger partial charge >= 0.3 is 0 Å². The van der Waals surface area contributed by atoms with E-state index in [1.54, 1.807) is 0 Å². The number of fused-ring (bicyclic) bond motifs is 1. The Morgan fingerprint density at radius 1 is 0.949 bits per heavy atom. The molecule has 0 bridgehead atoms. The summed E-state index contributed by atoms with van der Waals surface area (Å²) >= 11 is 0. The van der Waals surface area contributed by atoms with E-state index in [2.05, 4.69) is 21.3 Å². The molecule has 1 aliphatic carbocycles. The van der Waals surface area contributed by atoms with Gasteiger partial charge in [0.2, 0.25) is 17.7 Å². The van der Waals surface area contributed by atoms with E-state index in [1.165, 1.54) is 0 Å². The first-order valence-electron chi connectivity index (χ1n) is 13.9. The number of rotatable bonds is 3. The van der Waals surface area contributed by atoms with Gasteiger partial charge in [-0.2, -0.15) is 0 Å². The van der Waals surface area contributed by atoms with Gasteiger partial charge < -0.3 is 26.0 Å². The number of carbonyl (C=O) groups excluding carboxylic acids is 3. The molecule has 2 aromatic rings. The van der Waals surface area contributed by atoms with E-state index in [-0.39, 0.29) is 23.6 Å². The maximum Gasteiger partial charge on any atom is 0.246 e. The van der Waals surface area contributed by atoms with Crippen molar-refractivity contribution in [3.05, 3.63) is 71.8 Å². The highest BCUT2D eigenvalue weighted by Crippen LogP contribution is 2.30. The summed E-state index contributed by atoms with van der Waals surface area (Å²) in [7, 11) is 0. The van der Waals surface area contributed by atoms with E-state index in [9.17, 15) is 14.4 Å². The topological polar surface area (TPSA) is 109 Å². The molecule has 2 aromatic carbocycles. The molecule has 208 valence electrons. The van der Waals surface area contributed by atoms with Crippen LogP contribution in [0.1, 0.15) is 50.7 Å². The summed E-state index contributed by atoms with van der Waals surface area (Å²) in [5, 5.41) is 12.4. The Balaban J connectivity index is 1.62. The molecule has 39 heavy (non-hydrogen) atoms. The smallest absolute Gasteiger partial charge is 0.246 e. The van der Waals surface area contributed by atoms with Gasteiger partial charge in [-0.15, -0.1) is 0 Å². The number of hydrogen-bond donors (Lipinski definition) is 4. The fourth-order valence-corrected chi connectivity index (χ4v) is 5.28. The zero-order chi connectivity index (χ0) is 27.7. The number of benzene rings is 2. The number of ether oxygens (including phenoxy) is 1. The molecule has 1 spiro atoms. The minimum absolute atomic E-state index is 0.00365. The molecule has 0 saturated heterocycles. The minimum atomic E-state index is -1.04. The van der Waals surface area contributed by atoms with E-state index in [0.717, 1.165) is 29.7 Å². The van der Waals surface area contributed by atoms with Gasteiger partial charge in [-0.1, -0.05) is 87.4 Å². The Bertz CT molecular complexity index is 1160. The normalized spacial score (nSPS) is 23.5. The Morgan fingerprint density at radius 2 is 1.67 bits per heavy atom. The Labute approximate surface area is 231 Å². The lowest BCUT2D eigenvalue weighted by Gasteiger charge is -2.33. The number of hydrogen-bond acceptors (Lipinski definition) is 5. The van der Waals surface area contributed by atoms with Crippen molar-refractivity contribution >= 4 is 23.8 Å². The molecule has 8 nitrogen and oxygen atoms in total. The number of para-hydroxylation sites is 1. The predicted molar refractivity (Wildman–Crippen MR) is 152 cm³/mol. The Kier molecular flexibility index (Phi) is 9.76. The summed E-state index contributed by atoms with van der Waals surface area (Å²) in [6.07, 6.45) is 6.88. The highest BCUT2D eigenvalue weighted by Gasteiger charge is 2.44. The Hall–Kier alpha value is -3.65. The molecule has 0 aromatic heterocycles. The van der Waals surface area contributed by atoms with Gasteiger partial charge in [-0.3, -0.25) is 14.4 Å². The molecule has 4 N–H and O–H groups in total. The highest BCUT2D eigenvalue weighted by atomic mass is 16.5. The molecule has 1 aliphatic heterocycles. The average Bonchev–Trinajstić information content (AvgIpc) is 3.40. The molecule has 0 radical (unpaired) electrons. The summed E-state index contributed by atoms with van der Waals surface area (Å²) in [6, 6.07) is 16.0. The average molecular weight is 533 g/mol. The van der Waals surface area contributed by atoms with Gasteiger partial charge in [-0.25, -0.2) is 0 Å². The van der Waals surface area contributed by atoms with Crippen molar-refractivity contribution in [2.24, 2.45) is 5.92 Å². The third-order valence-electron chi connectivity index (χ3n) is 7.44. The molecule has 8 heteroatoms. The van der Waals surface area contributed by atoms with Gasteiger partial charge in [0.1, 0.15) is 23.9 Å². The molecular formula is C31H40N4O4. The third kappa shape index (κ3) is 7.47.